The van der Waals surface area contributed by atoms with E-state index in [1.54, 1.807) is 12.1 Å². The van der Waals surface area contributed by atoms with Crippen LogP contribution in [0.2, 0.25) is 0 Å². The van der Waals surface area contributed by atoms with Crippen molar-refractivity contribution in [3.63, 3.8) is 0 Å². The van der Waals surface area contributed by atoms with E-state index in [-0.39, 0.29) is 4.90 Å². The number of sulfonamides is 1. The average molecular weight is 242 g/mol. The van der Waals surface area contributed by atoms with E-state index in [4.69, 9.17) is 0 Å². The summed E-state index contributed by atoms with van der Waals surface area (Å²) < 4.78 is 39.1. The molecule has 16 heavy (non-hydrogen) atoms. The fourth-order valence-corrected chi connectivity index (χ4v) is 1.86. The van der Waals surface area contributed by atoms with Crippen molar-refractivity contribution >= 4 is 10.0 Å². The van der Waals surface area contributed by atoms with Crippen LogP contribution >= 0.6 is 0 Å². The van der Waals surface area contributed by atoms with Crippen molar-refractivity contribution in [3.8, 4) is 11.3 Å². The van der Waals surface area contributed by atoms with Crippen molar-refractivity contribution in [3.05, 3.63) is 36.6 Å². The smallest absolute Gasteiger partial charge is 0.266 e. The van der Waals surface area contributed by atoms with Crippen LogP contribution in [0.15, 0.2) is 46.0 Å². The number of hydrogen-bond donors (Lipinski definition) is 1. The predicted octanol–water partition coefficient (Wildman–Crippen LogP) is 1.50. The van der Waals surface area contributed by atoms with Gasteiger partial charge in [0.05, 0.1) is 4.90 Å². The van der Waals surface area contributed by atoms with Gasteiger partial charge in [-0.1, -0.05) is 17.3 Å². The summed E-state index contributed by atoms with van der Waals surface area (Å²) in [5.74, 6) is 0. The van der Waals surface area contributed by atoms with Crippen molar-refractivity contribution in [1.29, 1.82) is 0 Å². The summed E-state index contributed by atoms with van der Waals surface area (Å²) in [6.07, 6.45) is 1.36. The van der Waals surface area contributed by atoms with Crippen LogP contribution in [0.4, 0.5) is 4.48 Å². The Morgan fingerprint density at radius 2 is 2.12 bits per heavy atom. The molecule has 0 atom stereocenters. The van der Waals surface area contributed by atoms with E-state index in [0.717, 1.165) is 4.94 Å². The van der Waals surface area contributed by atoms with Gasteiger partial charge in [0.2, 0.25) is 0 Å². The summed E-state index contributed by atoms with van der Waals surface area (Å²) >= 11 is 0. The lowest BCUT2D eigenvalue weighted by Crippen LogP contribution is -2.14. The first kappa shape index (κ1) is 10.8. The molecule has 2 rings (SSSR count). The third-order valence-corrected chi connectivity index (χ3v) is 3.06. The quantitative estimate of drug-likeness (QED) is 0.828. The van der Waals surface area contributed by atoms with Gasteiger partial charge < -0.3 is 4.52 Å². The van der Waals surface area contributed by atoms with Gasteiger partial charge in [0, 0.05) is 11.6 Å². The fourth-order valence-electron chi connectivity index (χ4n) is 1.23. The van der Waals surface area contributed by atoms with E-state index in [2.05, 4.69) is 9.68 Å². The number of halogens is 1. The molecule has 1 heterocycles. The van der Waals surface area contributed by atoms with Gasteiger partial charge in [0.25, 0.3) is 10.0 Å². The highest BCUT2D eigenvalue weighted by atomic mass is 32.2. The molecule has 1 aromatic carbocycles. The van der Waals surface area contributed by atoms with E-state index >= 15 is 0 Å². The molecule has 0 fully saturated rings. The van der Waals surface area contributed by atoms with E-state index in [9.17, 15) is 12.9 Å². The maximum atomic E-state index is 12.1. The minimum atomic E-state index is -4.09. The number of benzene rings is 1. The molecule has 0 aliphatic carbocycles. The highest BCUT2D eigenvalue weighted by Gasteiger charge is 2.14. The molecule has 0 radical (unpaired) electrons. The normalized spacial score (nSPS) is 11.6. The molecule has 0 aliphatic rings. The molecule has 0 saturated carbocycles. The lowest BCUT2D eigenvalue weighted by atomic mass is 10.2. The van der Waals surface area contributed by atoms with Crippen molar-refractivity contribution in [2.75, 3.05) is 0 Å². The molecular formula is C9H7FN2O3S. The average Bonchev–Trinajstić information content (AvgIpc) is 2.83. The summed E-state index contributed by atoms with van der Waals surface area (Å²) in [4.78, 5) is 0.588. The topological polar surface area (TPSA) is 72.2 Å². The molecule has 1 N–H and O–H groups in total. The largest absolute Gasteiger partial charge is 0.364 e. The van der Waals surface area contributed by atoms with Gasteiger partial charge in [-0.2, -0.15) is 0 Å². The number of aromatic nitrogens is 1. The second-order valence-electron chi connectivity index (χ2n) is 2.99. The Morgan fingerprint density at radius 1 is 1.31 bits per heavy atom. The molecule has 0 bridgehead atoms. The van der Waals surface area contributed by atoms with Crippen LogP contribution in [-0.2, 0) is 10.0 Å². The lowest BCUT2D eigenvalue weighted by Gasteiger charge is -2.01. The van der Waals surface area contributed by atoms with Gasteiger partial charge in [-0.15, -0.1) is 4.48 Å². The highest BCUT2D eigenvalue weighted by molar-refractivity contribution is 7.89. The Bertz CT molecular complexity index is 581. The van der Waals surface area contributed by atoms with Crippen molar-refractivity contribution in [2.24, 2.45) is 0 Å². The van der Waals surface area contributed by atoms with Crippen molar-refractivity contribution in [1.82, 2.24) is 10.1 Å². The maximum Gasteiger partial charge on any atom is 0.266 e. The molecule has 0 unspecified atom stereocenters. The summed E-state index contributed by atoms with van der Waals surface area (Å²) in [5.41, 5.74) is 1.01. The zero-order chi connectivity index (χ0) is 11.6. The van der Waals surface area contributed by atoms with E-state index in [0.29, 0.717) is 11.3 Å². The molecule has 0 saturated heterocycles. The Labute approximate surface area is 90.9 Å². The molecular weight excluding hydrogens is 235 g/mol. The van der Waals surface area contributed by atoms with E-state index < -0.39 is 10.0 Å². The van der Waals surface area contributed by atoms with Crippen LogP contribution in [-0.4, -0.2) is 13.6 Å². The summed E-state index contributed by atoms with van der Waals surface area (Å²) in [5, 5.41) is 3.65. The van der Waals surface area contributed by atoms with Crippen molar-refractivity contribution < 1.29 is 17.4 Å². The zero-order valence-electron chi connectivity index (χ0n) is 7.92. The first-order valence-corrected chi connectivity index (χ1v) is 5.75. The van der Waals surface area contributed by atoms with Crippen LogP contribution in [0.3, 0.4) is 0 Å². The monoisotopic (exact) mass is 242 g/mol. The number of nitrogens with one attached hydrogen (secondary N) is 1. The molecule has 7 heteroatoms. The van der Waals surface area contributed by atoms with Crippen molar-refractivity contribution in [2.45, 2.75) is 4.90 Å². The van der Waals surface area contributed by atoms with Gasteiger partial charge in [0.1, 0.15) is 12.0 Å². The number of rotatable bonds is 3. The highest BCUT2D eigenvalue weighted by Crippen LogP contribution is 2.20. The maximum absolute atomic E-state index is 12.1. The molecule has 0 amide bonds. The van der Waals surface area contributed by atoms with Crippen LogP contribution in [0.5, 0.6) is 0 Å². The van der Waals surface area contributed by atoms with Gasteiger partial charge in [-0.25, -0.2) is 8.42 Å². The molecule has 0 spiro atoms. The Balaban J connectivity index is 2.50. The third-order valence-electron chi connectivity index (χ3n) is 1.98. The summed E-state index contributed by atoms with van der Waals surface area (Å²) in [6.45, 7) is 0. The van der Waals surface area contributed by atoms with E-state index in [1.807, 2.05) is 0 Å². The SMILES string of the molecule is O=S(=O)(NF)c1cccc(-c2ccon2)c1. The molecule has 2 aromatic rings. The van der Waals surface area contributed by atoms with Gasteiger partial charge in [-0.05, 0) is 17.1 Å². The van der Waals surface area contributed by atoms with Gasteiger partial charge >= 0.3 is 0 Å². The van der Waals surface area contributed by atoms with Gasteiger partial charge in [0.15, 0.2) is 0 Å². The Hall–Kier alpha value is -1.73. The number of nitrogens with zero attached hydrogens (tertiary/aromatic N) is 1. The summed E-state index contributed by atoms with van der Waals surface area (Å²) in [7, 11) is -4.09. The molecule has 1 aromatic heterocycles. The van der Waals surface area contributed by atoms with Crippen LogP contribution in [0.1, 0.15) is 0 Å². The molecule has 5 nitrogen and oxygen atoms in total. The standard InChI is InChI=1S/C9H7FN2O3S/c10-12-16(13,14)8-3-1-2-7(6-8)9-4-5-15-11-9/h1-6,12H. The minimum Gasteiger partial charge on any atom is -0.364 e. The Morgan fingerprint density at radius 3 is 2.75 bits per heavy atom. The van der Waals surface area contributed by atoms with Crippen LogP contribution in [0, 0.1) is 0 Å². The predicted molar refractivity (Wildman–Crippen MR) is 53.4 cm³/mol. The fraction of sp³-hybridized carbons (Fsp3) is 0. The van der Waals surface area contributed by atoms with Crippen LogP contribution < -0.4 is 4.94 Å². The van der Waals surface area contributed by atoms with Gasteiger partial charge in [-0.3, -0.25) is 0 Å². The first-order chi connectivity index (χ1) is 7.63. The lowest BCUT2D eigenvalue weighted by molar-refractivity contribution is 0.422. The first-order valence-electron chi connectivity index (χ1n) is 4.27. The second-order valence-corrected chi connectivity index (χ2v) is 4.63. The Kier molecular flexibility index (Phi) is 2.71. The number of hydrogen-bond acceptors (Lipinski definition) is 4. The molecule has 84 valence electrons. The minimum absolute atomic E-state index is 0.171. The van der Waals surface area contributed by atoms with E-state index in [1.165, 1.54) is 24.5 Å². The van der Waals surface area contributed by atoms with Crippen LogP contribution in [0.25, 0.3) is 11.3 Å². The summed E-state index contributed by atoms with van der Waals surface area (Å²) in [6, 6.07) is 7.31. The third kappa shape index (κ3) is 1.95. The molecule has 0 aliphatic heterocycles. The second kappa shape index (κ2) is 4.03. The zero-order valence-corrected chi connectivity index (χ0v) is 8.74.